The summed E-state index contributed by atoms with van der Waals surface area (Å²) < 4.78 is 26.8. The van der Waals surface area contributed by atoms with Crippen molar-refractivity contribution in [2.24, 2.45) is 0 Å². The summed E-state index contributed by atoms with van der Waals surface area (Å²) in [6.07, 6.45) is 0. The van der Waals surface area contributed by atoms with Gasteiger partial charge in [-0.2, -0.15) is 0 Å². The second-order valence-electron chi connectivity index (χ2n) is 4.43. The SMILES string of the molecule is CC(NC(C)c1ccc(Cl)s1)c1ccc(F)c(F)c1. The van der Waals surface area contributed by atoms with Crippen LogP contribution in [0.25, 0.3) is 0 Å². The van der Waals surface area contributed by atoms with Crippen LogP contribution in [0.15, 0.2) is 30.3 Å². The Morgan fingerprint density at radius 1 is 1.05 bits per heavy atom. The van der Waals surface area contributed by atoms with Crippen molar-refractivity contribution < 1.29 is 8.78 Å². The monoisotopic (exact) mass is 301 g/mol. The van der Waals surface area contributed by atoms with Crippen LogP contribution in [0.5, 0.6) is 0 Å². The Balaban J connectivity index is 2.07. The molecule has 0 aliphatic carbocycles. The zero-order chi connectivity index (χ0) is 14.0. The molecule has 2 aromatic rings. The molecule has 102 valence electrons. The van der Waals surface area contributed by atoms with Crippen LogP contribution in [0.1, 0.15) is 36.4 Å². The van der Waals surface area contributed by atoms with Gasteiger partial charge < -0.3 is 5.32 Å². The lowest BCUT2D eigenvalue weighted by Gasteiger charge is -2.19. The predicted molar refractivity (Wildman–Crippen MR) is 75.7 cm³/mol. The molecule has 1 N–H and O–H groups in total. The highest BCUT2D eigenvalue weighted by atomic mass is 35.5. The van der Waals surface area contributed by atoms with Crippen molar-refractivity contribution in [3.05, 3.63) is 56.7 Å². The summed E-state index contributed by atoms with van der Waals surface area (Å²) in [5.74, 6) is -1.65. The summed E-state index contributed by atoms with van der Waals surface area (Å²) in [5, 5.41) is 3.34. The predicted octanol–water partition coefficient (Wildman–Crippen LogP) is 5.09. The Hall–Kier alpha value is -0.970. The lowest BCUT2D eigenvalue weighted by molar-refractivity contribution is 0.483. The van der Waals surface area contributed by atoms with Gasteiger partial charge >= 0.3 is 0 Å². The molecule has 0 fully saturated rings. The molecule has 1 aromatic carbocycles. The largest absolute Gasteiger partial charge is 0.303 e. The first-order valence-corrected chi connectivity index (χ1v) is 7.13. The summed E-state index contributed by atoms with van der Waals surface area (Å²) >= 11 is 7.40. The Morgan fingerprint density at radius 3 is 2.37 bits per heavy atom. The van der Waals surface area contributed by atoms with Gasteiger partial charge in [0.05, 0.1) is 4.34 Å². The van der Waals surface area contributed by atoms with E-state index < -0.39 is 11.6 Å². The van der Waals surface area contributed by atoms with Crippen molar-refractivity contribution in [3.63, 3.8) is 0 Å². The minimum Gasteiger partial charge on any atom is -0.303 e. The van der Waals surface area contributed by atoms with E-state index in [0.717, 1.165) is 15.3 Å². The molecule has 2 rings (SSSR count). The Labute approximate surface area is 120 Å². The normalized spacial score (nSPS) is 14.4. The van der Waals surface area contributed by atoms with Crippen LogP contribution in [0.4, 0.5) is 8.78 Å². The molecule has 5 heteroatoms. The average Bonchev–Trinajstić information content (AvgIpc) is 2.79. The summed E-state index contributed by atoms with van der Waals surface area (Å²) in [6.45, 7) is 3.93. The molecule has 1 heterocycles. The van der Waals surface area contributed by atoms with Gasteiger partial charge in [-0.05, 0) is 43.7 Å². The lowest BCUT2D eigenvalue weighted by atomic mass is 10.1. The van der Waals surface area contributed by atoms with Crippen LogP contribution < -0.4 is 5.32 Å². The third-order valence-corrected chi connectivity index (χ3v) is 4.38. The van der Waals surface area contributed by atoms with Crippen molar-refractivity contribution in [2.45, 2.75) is 25.9 Å². The van der Waals surface area contributed by atoms with Gasteiger partial charge in [-0.25, -0.2) is 8.78 Å². The standard InChI is InChI=1S/C14H14ClF2NS/c1-8(10-3-4-11(16)12(17)7-10)18-9(2)13-5-6-14(15)19-13/h3-9,18H,1-2H3. The molecule has 19 heavy (non-hydrogen) atoms. The highest BCUT2D eigenvalue weighted by Gasteiger charge is 2.14. The summed E-state index contributed by atoms with van der Waals surface area (Å²) in [7, 11) is 0. The van der Waals surface area contributed by atoms with Gasteiger partial charge in [0.25, 0.3) is 0 Å². The van der Waals surface area contributed by atoms with Crippen LogP contribution in [-0.2, 0) is 0 Å². The number of rotatable bonds is 4. The van der Waals surface area contributed by atoms with Gasteiger partial charge in [-0.3, -0.25) is 0 Å². The van der Waals surface area contributed by atoms with Crippen LogP contribution in [0.3, 0.4) is 0 Å². The Bertz CT molecular complexity index is 570. The van der Waals surface area contributed by atoms with E-state index in [-0.39, 0.29) is 12.1 Å². The Kier molecular flexibility index (Phi) is 4.55. The molecule has 0 amide bonds. The van der Waals surface area contributed by atoms with Crippen molar-refractivity contribution in [1.29, 1.82) is 0 Å². The fourth-order valence-corrected chi connectivity index (χ4v) is 2.97. The quantitative estimate of drug-likeness (QED) is 0.829. The van der Waals surface area contributed by atoms with Gasteiger partial charge in [0.2, 0.25) is 0 Å². The van der Waals surface area contributed by atoms with Crippen molar-refractivity contribution in [3.8, 4) is 0 Å². The first-order valence-electron chi connectivity index (χ1n) is 5.93. The number of hydrogen-bond donors (Lipinski definition) is 1. The number of nitrogens with one attached hydrogen (secondary N) is 1. The third kappa shape index (κ3) is 3.53. The molecular weight excluding hydrogens is 288 g/mol. The maximum absolute atomic E-state index is 13.2. The first kappa shape index (κ1) is 14.4. The second-order valence-corrected chi connectivity index (χ2v) is 6.17. The maximum Gasteiger partial charge on any atom is 0.159 e. The Morgan fingerprint density at radius 2 is 1.79 bits per heavy atom. The van der Waals surface area contributed by atoms with E-state index in [0.29, 0.717) is 5.56 Å². The van der Waals surface area contributed by atoms with Crippen molar-refractivity contribution >= 4 is 22.9 Å². The van der Waals surface area contributed by atoms with Crippen LogP contribution in [0, 0.1) is 11.6 Å². The zero-order valence-electron chi connectivity index (χ0n) is 10.6. The number of halogens is 3. The zero-order valence-corrected chi connectivity index (χ0v) is 12.2. The van der Waals surface area contributed by atoms with Crippen LogP contribution in [0.2, 0.25) is 4.34 Å². The molecule has 0 saturated carbocycles. The van der Waals surface area contributed by atoms with E-state index in [4.69, 9.17) is 11.6 Å². The van der Waals surface area contributed by atoms with Crippen LogP contribution >= 0.6 is 22.9 Å². The fourth-order valence-electron chi connectivity index (χ4n) is 1.90. The van der Waals surface area contributed by atoms with Crippen molar-refractivity contribution in [1.82, 2.24) is 5.32 Å². The van der Waals surface area contributed by atoms with E-state index in [1.54, 1.807) is 6.07 Å². The fraction of sp³-hybridized carbons (Fsp3) is 0.286. The average molecular weight is 302 g/mol. The number of thiophene rings is 1. The van der Waals surface area contributed by atoms with Gasteiger partial charge in [0.15, 0.2) is 11.6 Å². The van der Waals surface area contributed by atoms with E-state index in [9.17, 15) is 8.78 Å². The molecular formula is C14H14ClF2NS. The molecule has 0 saturated heterocycles. The number of benzene rings is 1. The second kappa shape index (κ2) is 5.99. The maximum atomic E-state index is 13.2. The van der Waals surface area contributed by atoms with Crippen molar-refractivity contribution in [2.75, 3.05) is 0 Å². The van der Waals surface area contributed by atoms with Gasteiger partial charge in [-0.1, -0.05) is 17.7 Å². The van der Waals surface area contributed by atoms with E-state index in [1.807, 2.05) is 26.0 Å². The molecule has 0 bridgehead atoms. The molecule has 2 unspecified atom stereocenters. The van der Waals surface area contributed by atoms with E-state index >= 15 is 0 Å². The molecule has 1 aromatic heterocycles. The molecule has 1 nitrogen and oxygen atoms in total. The number of hydrogen-bond acceptors (Lipinski definition) is 2. The van der Waals surface area contributed by atoms with Gasteiger partial charge in [-0.15, -0.1) is 11.3 Å². The minimum absolute atomic E-state index is 0.0778. The van der Waals surface area contributed by atoms with Gasteiger partial charge in [0.1, 0.15) is 0 Å². The van der Waals surface area contributed by atoms with Crippen LogP contribution in [-0.4, -0.2) is 0 Å². The lowest BCUT2D eigenvalue weighted by Crippen LogP contribution is -2.22. The summed E-state index contributed by atoms with van der Waals surface area (Å²) in [4.78, 5) is 1.11. The van der Waals surface area contributed by atoms with E-state index in [2.05, 4.69) is 5.32 Å². The third-order valence-electron chi connectivity index (χ3n) is 2.96. The molecule has 2 atom stereocenters. The molecule has 0 radical (unpaired) electrons. The van der Waals surface area contributed by atoms with E-state index in [1.165, 1.54) is 17.4 Å². The smallest absolute Gasteiger partial charge is 0.159 e. The highest BCUT2D eigenvalue weighted by molar-refractivity contribution is 7.16. The molecule has 0 aliphatic heterocycles. The topological polar surface area (TPSA) is 12.0 Å². The summed E-state index contributed by atoms with van der Waals surface area (Å²) in [5.41, 5.74) is 0.716. The first-order chi connectivity index (χ1) is 8.97. The minimum atomic E-state index is -0.825. The highest BCUT2D eigenvalue weighted by Crippen LogP contribution is 2.28. The van der Waals surface area contributed by atoms with Gasteiger partial charge in [0, 0.05) is 17.0 Å². The molecule has 0 aliphatic rings. The molecule has 0 spiro atoms. The summed E-state index contributed by atoms with van der Waals surface area (Å²) in [6, 6.07) is 7.79.